The standard InChI is InChI=1S/C15H24BrN3/c1-12-4-5-13(16)14(10-12)18-15(11-17)6-3-8-19(2)9-7-15/h4-5,10,18H,3,6-9,11,17H2,1-2H3. The number of hydrogen-bond donors (Lipinski definition) is 2. The smallest absolute Gasteiger partial charge is 0.0508 e. The van der Waals surface area contributed by atoms with Gasteiger partial charge in [-0.05, 0) is 73.4 Å². The van der Waals surface area contributed by atoms with Crippen LogP contribution >= 0.6 is 15.9 Å². The zero-order valence-corrected chi connectivity index (χ0v) is 13.5. The third-order valence-electron chi connectivity index (χ3n) is 4.08. The van der Waals surface area contributed by atoms with Crippen LogP contribution in [0.3, 0.4) is 0 Å². The molecule has 1 aromatic rings. The molecule has 1 aliphatic heterocycles. The molecule has 0 aliphatic carbocycles. The maximum atomic E-state index is 6.09. The minimum atomic E-state index is 0.0288. The quantitative estimate of drug-likeness (QED) is 0.897. The Kier molecular flexibility index (Phi) is 4.87. The van der Waals surface area contributed by atoms with Crippen LogP contribution < -0.4 is 11.1 Å². The fourth-order valence-electron chi connectivity index (χ4n) is 2.73. The van der Waals surface area contributed by atoms with Crippen LogP contribution in [0.4, 0.5) is 5.69 Å². The van der Waals surface area contributed by atoms with Crippen LogP contribution in [0.5, 0.6) is 0 Å². The van der Waals surface area contributed by atoms with Crippen LogP contribution in [0.2, 0.25) is 0 Å². The molecule has 1 aromatic carbocycles. The normalized spacial score (nSPS) is 25.1. The molecule has 4 heteroatoms. The minimum absolute atomic E-state index is 0.0288. The van der Waals surface area contributed by atoms with Crippen molar-refractivity contribution in [3.63, 3.8) is 0 Å². The molecule has 1 atom stereocenters. The Morgan fingerprint density at radius 2 is 2.16 bits per heavy atom. The summed E-state index contributed by atoms with van der Waals surface area (Å²) in [5.41, 5.74) is 8.55. The van der Waals surface area contributed by atoms with Gasteiger partial charge in [-0.25, -0.2) is 0 Å². The van der Waals surface area contributed by atoms with Crippen LogP contribution in [0.25, 0.3) is 0 Å². The summed E-state index contributed by atoms with van der Waals surface area (Å²) in [6.07, 6.45) is 3.43. The van der Waals surface area contributed by atoms with Crippen molar-refractivity contribution in [1.82, 2.24) is 4.90 Å². The first-order valence-electron chi connectivity index (χ1n) is 6.98. The third kappa shape index (κ3) is 3.71. The zero-order valence-electron chi connectivity index (χ0n) is 11.9. The van der Waals surface area contributed by atoms with E-state index in [0.29, 0.717) is 6.54 Å². The van der Waals surface area contributed by atoms with E-state index in [1.807, 2.05) is 0 Å². The Morgan fingerprint density at radius 1 is 1.37 bits per heavy atom. The summed E-state index contributed by atoms with van der Waals surface area (Å²) < 4.78 is 1.11. The molecule has 106 valence electrons. The van der Waals surface area contributed by atoms with E-state index in [4.69, 9.17) is 5.73 Å². The number of anilines is 1. The average Bonchev–Trinajstić information content (AvgIpc) is 2.57. The predicted octanol–water partition coefficient (Wildman–Crippen LogP) is 2.98. The molecular formula is C15H24BrN3. The van der Waals surface area contributed by atoms with Crippen molar-refractivity contribution in [1.29, 1.82) is 0 Å². The summed E-state index contributed by atoms with van der Waals surface area (Å²) in [6, 6.07) is 6.41. The lowest BCUT2D eigenvalue weighted by Gasteiger charge is -2.34. The highest BCUT2D eigenvalue weighted by Crippen LogP contribution is 2.31. The first-order chi connectivity index (χ1) is 9.04. The molecule has 0 aromatic heterocycles. The summed E-state index contributed by atoms with van der Waals surface area (Å²) in [5, 5.41) is 3.72. The summed E-state index contributed by atoms with van der Waals surface area (Å²) in [5.74, 6) is 0. The fraction of sp³-hybridized carbons (Fsp3) is 0.600. The molecule has 1 unspecified atom stereocenters. The molecule has 1 saturated heterocycles. The second-order valence-corrected chi connectivity index (χ2v) is 6.60. The number of rotatable bonds is 3. The molecule has 1 heterocycles. The Bertz CT molecular complexity index is 435. The second kappa shape index (κ2) is 6.25. The molecule has 0 spiro atoms. The maximum absolute atomic E-state index is 6.09. The fourth-order valence-corrected chi connectivity index (χ4v) is 3.08. The van der Waals surface area contributed by atoms with Crippen LogP contribution in [0.1, 0.15) is 24.8 Å². The van der Waals surface area contributed by atoms with Gasteiger partial charge in [-0.15, -0.1) is 0 Å². The van der Waals surface area contributed by atoms with Crippen molar-refractivity contribution >= 4 is 21.6 Å². The third-order valence-corrected chi connectivity index (χ3v) is 4.77. The number of aryl methyl sites for hydroxylation is 1. The summed E-state index contributed by atoms with van der Waals surface area (Å²) >= 11 is 3.63. The van der Waals surface area contributed by atoms with E-state index in [9.17, 15) is 0 Å². The van der Waals surface area contributed by atoms with E-state index < -0.39 is 0 Å². The molecule has 3 N–H and O–H groups in total. The summed E-state index contributed by atoms with van der Waals surface area (Å²) in [4.78, 5) is 2.39. The van der Waals surface area contributed by atoms with Gasteiger partial charge in [0.1, 0.15) is 0 Å². The van der Waals surface area contributed by atoms with Crippen molar-refractivity contribution in [3.05, 3.63) is 28.2 Å². The lowest BCUT2D eigenvalue weighted by atomic mass is 9.90. The second-order valence-electron chi connectivity index (χ2n) is 5.75. The van der Waals surface area contributed by atoms with Gasteiger partial charge in [-0.3, -0.25) is 0 Å². The van der Waals surface area contributed by atoms with Gasteiger partial charge in [0.05, 0.1) is 5.54 Å². The van der Waals surface area contributed by atoms with E-state index in [1.54, 1.807) is 0 Å². The lowest BCUT2D eigenvalue weighted by Crippen LogP contribution is -2.46. The highest BCUT2D eigenvalue weighted by Gasteiger charge is 2.30. The summed E-state index contributed by atoms with van der Waals surface area (Å²) in [7, 11) is 2.19. The Morgan fingerprint density at radius 3 is 2.89 bits per heavy atom. The maximum Gasteiger partial charge on any atom is 0.0508 e. The van der Waals surface area contributed by atoms with Gasteiger partial charge in [-0.1, -0.05) is 6.07 Å². The SMILES string of the molecule is Cc1ccc(Br)c(NC2(CN)CCCN(C)CC2)c1. The van der Waals surface area contributed by atoms with E-state index in [1.165, 1.54) is 18.5 Å². The van der Waals surface area contributed by atoms with Gasteiger partial charge in [0.15, 0.2) is 0 Å². The van der Waals surface area contributed by atoms with Crippen LogP contribution in [0, 0.1) is 6.92 Å². The molecule has 19 heavy (non-hydrogen) atoms. The predicted molar refractivity (Wildman–Crippen MR) is 85.6 cm³/mol. The number of hydrogen-bond acceptors (Lipinski definition) is 3. The Hall–Kier alpha value is -0.580. The monoisotopic (exact) mass is 325 g/mol. The van der Waals surface area contributed by atoms with Gasteiger partial charge < -0.3 is 16.0 Å². The molecule has 0 saturated carbocycles. The summed E-state index contributed by atoms with van der Waals surface area (Å²) in [6.45, 7) is 5.07. The van der Waals surface area contributed by atoms with E-state index >= 15 is 0 Å². The Balaban J connectivity index is 2.19. The van der Waals surface area contributed by atoms with Crippen LogP contribution in [-0.2, 0) is 0 Å². The lowest BCUT2D eigenvalue weighted by molar-refractivity contribution is 0.337. The highest BCUT2D eigenvalue weighted by atomic mass is 79.9. The topological polar surface area (TPSA) is 41.3 Å². The van der Waals surface area contributed by atoms with Crippen LogP contribution in [0.15, 0.2) is 22.7 Å². The van der Waals surface area contributed by atoms with Crippen molar-refractivity contribution in [2.45, 2.75) is 31.7 Å². The van der Waals surface area contributed by atoms with Gasteiger partial charge >= 0.3 is 0 Å². The van der Waals surface area contributed by atoms with Gasteiger partial charge in [0, 0.05) is 23.2 Å². The largest absolute Gasteiger partial charge is 0.377 e. The number of nitrogens with two attached hydrogens (primary N) is 1. The molecule has 2 rings (SSSR count). The molecule has 1 fully saturated rings. The van der Waals surface area contributed by atoms with E-state index in [0.717, 1.165) is 29.5 Å². The van der Waals surface area contributed by atoms with E-state index in [2.05, 4.69) is 58.3 Å². The highest BCUT2D eigenvalue weighted by molar-refractivity contribution is 9.10. The van der Waals surface area contributed by atoms with Crippen molar-refractivity contribution in [2.75, 3.05) is 32.0 Å². The molecule has 1 aliphatic rings. The van der Waals surface area contributed by atoms with Crippen molar-refractivity contribution < 1.29 is 0 Å². The first kappa shape index (κ1) is 14.8. The van der Waals surface area contributed by atoms with Crippen molar-refractivity contribution in [2.24, 2.45) is 5.73 Å². The van der Waals surface area contributed by atoms with Crippen LogP contribution in [-0.4, -0.2) is 37.1 Å². The number of likely N-dealkylation sites (tertiary alicyclic amines) is 1. The van der Waals surface area contributed by atoms with Gasteiger partial charge in [-0.2, -0.15) is 0 Å². The zero-order chi connectivity index (χ0) is 13.9. The number of halogens is 1. The first-order valence-corrected chi connectivity index (χ1v) is 7.77. The number of nitrogens with one attached hydrogen (secondary N) is 1. The van der Waals surface area contributed by atoms with Crippen molar-refractivity contribution in [3.8, 4) is 0 Å². The van der Waals surface area contributed by atoms with E-state index in [-0.39, 0.29) is 5.54 Å². The Labute approximate surface area is 124 Å². The van der Waals surface area contributed by atoms with Gasteiger partial charge in [0.25, 0.3) is 0 Å². The molecule has 0 bridgehead atoms. The molecule has 0 radical (unpaired) electrons. The van der Waals surface area contributed by atoms with Gasteiger partial charge in [0.2, 0.25) is 0 Å². The molecule has 3 nitrogen and oxygen atoms in total. The minimum Gasteiger partial charge on any atom is -0.377 e. The number of nitrogens with zero attached hydrogens (tertiary/aromatic N) is 1. The average molecular weight is 326 g/mol. The number of benzene rings is 1. The molecular weight excluding hydrogens is 302 g/mol. The molecule has 0 amide bonds.